The van der Waals surface area contributed by atoms with Crippen LogP contribution in [0.25, 0.3) is 0 Å². The van der Waals surface area contributed by atoms with E-state index in [1.165, 1.54) is 37.7 Å². The number of aliphatic hydroxyl groups is 1. The Morgan fingerprint density at radius 2 is 1.59 bits per heavy atom. The number of rotatable bonds is 1. The Labute approximate surface area is 103 Å². The molecule has 4 bridgehead atoms. The molecule has 0 radical (unpaired) electrons. The second-order valence-corrected chi connectivity index (χ2v) is 6.57. The summed E-state index contributed by atoms with van der Waals surface area (Å²) in [6, 6.07) is 10.8. The summed E-state index contributed by atoms with van der Waals surface area (Å²) in [4.78, 5) is 0. The molecule has 0 heterocycles. The maximum absolute atomic E-state index is 10.7. The van der Waals surface area contributed by atoms with Crippen LogP contribution in [0.1, 0.15) is 37.7 Å². The summed E-state index contributed by atoms with van der Waals surface area (Å²) in [6.45, 7) is 0. The summed E-state index contributed by atoms with van der Waals surface area (Å²) >= 11 is 0. The molecule has 1 N–H and O–H groups in total. The van der Waals surface area contributed by atoms with E-state index in [2.05, 4.69) is 30.3 Å². The fourth-order valence-corrected chi connectivity index (χ4v) is 5.19. The summed E-state index contributed by atoms with van der Waals surface area (Å²) in [6.07, 6.45) is 6.37. The molecule has 1 aromatic carbocycles. The maximum atomic E-state index is 10.7. The van der Waals surface area contributed by atoms with E-state index in [0.717, 1.165) is 11.8 Å². The highest BCUT2D eigenvalue weighted by Gasteiger charge is 2.57. The lowest BCUT2D eigenvalue weighted by Crippen LogP contribution is -2.58. The predicted octanol–water partition coefficient (Wildman–Crippen LogP) is 3.13. The van der Waals surface area contributed by atoms with Crippen molar-refractivity contribution in [2.24, 2.45) is 17.8 Å². The molecule has 0 spiro atoms. The first kappa shape index (κ1) is 10.1. The lowest BCUT2D eigenvalue weighted by Gasteiger charge is -2.59. The van der Waals surface area contributed by atoms with Crippen LogP contribution in [0.5, 0.6) is 0 Å². The second-order valence-electron chi connectivity index (χ2n) is 6.57. The van der Waals surface area contributed by atoms with Crippen molar-refractivity contribution in [3.8, 4) is 0 Å². The molecule has 90 valence electrons. The van der Waals surface area contributed by atoms with Crippen molar-refractivity contribution >= 4 is 0 Å². The summed E-state index contributed by atoms with van der Waals surface area (Å²) in [5.41, 5.74) is 1.50. The van der Waals surface area contributed by atoms with Crippen LogP contribution < -0.4 is 0 Å². The molecule has 4 fully saturated rings. The molecule has 5 atom stereocenters. The summed E-state index contributed by atoms with van der Waals surface area (Å²) in [7, 11) is 0. The number of aliphatic hydroxyl groups excluding tert-OH is 1. The summed E-state index contributed by atoms with van der Waals surface area (Å²) in [5, 5.41) is 10.7. The first-order valence-corrected chi connectivity index (χ1v) is 7.01. The molecule has 0 aliphatic heterocycles. The monoisotopic (exact) mass is 228 g/mol. The van der Waals surface area contributed by atoms with Crippen LogP contribution in [-0.2, 0) is 5.41 Å². The minimum atomic E-state index is -0.0855. The van der Waals surface area contributed by atoms with Gasteiger partial charge in [-0.25, -0.2) is 0 Å². The van der Waals surface area contributed by atoms with Gasteiger partial charge in [0, 0.05) is 5.41 Å². The van der Waals surface area contributed by atoms with Gasteiger partial charge in [0.15, 0.2) is 0 Å². The number of hydrogen-bond donors (Lipinski definition) is 1. The molecule has 4 aliphatic carbocycles. The fourth-order valence-electron chi connectivity index (χ4n) is 5.19. The van der Waals surface area contributed by atoms with Gasteiger partial charge in [-0.2, -0.15) is 0 Å². The molecule has 0 aromatic heterocycles. The van der Waals surface area contributed by atoms with Gasteiger partial charge in [0.2, 0.25) is 0 Å². The first-order chi connectivity index (χ1) is 8.28. The zero-order valence-corrected chi connectivity index (χ0v) is 10.2. The molecule has 1 heteroatoms. The zero-order chi connectivity index (χ0) is 11.5. The normalized spacial score (nSPS) is 47.4. The Bertz CT molecular complexity index is 410. The highest BCUT2D eigenvalue weighted by Crippen LogP contribution is 2.60. The van der Waals surface area contributed by atoms with Crippen molar-refractivity contribution in [2.45, 2.75) is 43.6 Å². The van der Waals surface area contributed by atoms with Gasteiger partial charge >= 0.3 is 0 Å². The van der Waals surface area contributed by atoms with Gasteiger partial charge in [-0.1, -0.05) is 30.3 Å². The highest BCUT2D eigenvalue weighted by molar-refractivity contribution is 5.31. The van der Waals surface area contributed by atoms with Crippen molar-refractivity contribution in [3.05, 3.63) is 35.9 Å². The molecule has 3 unspecified atom stereocenters. The van der Waals surface area contributed by atoms with Gasteiger partial charge in [0.05, 0.1) is 6.10 Å². The molecule has 1 nitrogen and oxygen atoms in total. The molecule has 4 aliphatic rings. The van der Waals surface area contributed by atoms with Crippen molar-refractivity contribution in [3.63, 3.8) is 0 Å². The van der Waals surface area contributed by atoms with Gasteiger partial charge in [-0.05, 0) is 55.4 Å². The van der Waals surface area contributed by atoms with E-state index < -0.39 is 0 Å². The Morgan fingerprint density at radius 3 is 2.24 bits per heavy atom. The third-order valence-corrected chi connectivity index (χ3v) is 5.61. The predicted molar refractivity (Wildman–Crippen MR) is 67.7 cm³/mol. The lowest BCUT2D eigenvalue weighted by atomic mass is 9.46. The van der Waals surface area contributed by atoms with E-state index >= 15 is 0 Å². The smallest absolute Gasteiger partial charge is 0.0665 e. The molecule has 0 amide bonds. The third kappa shape index (κ3) is 1.29. The molecule has 1 aromatic rings. The highest BCUT2D eigenvalue weighted by atomic mass is 16.3. The second kappa shape index (κ2) is 3.35. The summed E-state index contributed by atoms with van der Waals surface area (Å²) in [5.74, 6) is 2.36. The van der Waals surface area contributed by atoms with Gasteiger partial charge in [-0.15, -0.1) is 0 Å². The van der Waals surface area contributed by atoms with Crippen molar-refractivity contribution in [1.29, 1.82) is 0 Å². The fraction of sp³-hybridized carbons (Fsp3) is 0.625. The maximum Gasteiger partial charge on any atom is 0.0665 e. The van der Waals surface area contributed by atoms with Gasteiger partial charge in [0.25, 0.3) is 0 Å². The molecule has 4 saturated carbocycles. The van der Waals surface area contributed by atoms with Crippen molar-refractivity contribution in [1.82, 2.24) is 0 Å². The van der Waals surface area contributed by atoms with Crippen LogP contribution in [-0.4, -0.2) is 11.2 Å². The summed E-state index contributed by atoms with van der Waals surface area (Å²) < 4.78 is 0. The van der Waals surface area contributed by atoms with E-state index in [1.807, 2.05) is 0 Å². The molecular formula is C16H20O. The van der Waals surface area contributed by atoms with E-state index in [1.54, 1.807) is 0 Å². The van der Waals surface area contributed by atoms with Crippen LogP contribution in [0.2, 0.25) is 0 Å². The van der Waals surface area contributed by atoms with Crippen molar-refractivity contribution < 1.29 is 5.11 Å². The Hall–Kier alpha value is -0.820. The van der Waals surface area contributed by atoms with E-state index in [4.69, 9.17) is 0 Å². The Morgan fingerprint density at radius 1 is 0.941 bits per heavy atom. The first-order valence-electron chi connectivity index (χ1n) is 7.01. The average Bonchev–Trinajstić information content (AvgIpc) is 2.36. The van der Waals surface area contributed by atoms with E-state index in [0.29, 0.717) is 5.92 Å². The minimum Gasteiger partial charge on any atom is -0.392 e. The lowest BCUT2D eigenvalue weighted by molar-refractivity contribution is -0.113. The minimum absolute atomic E-state index is 0.0855. The standard InChI is InChI=1S/C16H20O/c17-15-13-7-11-6-12(8-13)10-16(15,9-11)14-4-2-1-3-5-14/h1-5,11-13,15,17H,6-10H2/t11-,12+,13?,15?,16?. The Kier molecular flexibility index (Phi) is 2.00. The van der Waals surface area contributed by atoms with Crippen LogP contribution in [0.4, 0.5) is 0 Å². The number of hydrogen-bond acceptors (Lipinski definition) is 1. The van der Waals surface area contributed by atoms with Gasteiger partial charge in [-0.3, -0.25) is 0 Å². The van der Waals surface area contributed by atoms with Crippen LogP contribution in [0.3, 0.4) is 0 Å². The SMILES string of the molecule is OC1C2C[C@@H]3C[C@H](C2)CC1(c1ccccc1)C3. The molecule has 5 rings (SSSR count). The molecule has 0 saturated heterocycles. The largest absolute Gasteiger partial charge is 0.392 e. The number of benzene rings is 1. The van der Waals surface area contributed by atoms with Gasteiger partial charge in [0.1, 0.15) is 0 Å². The quantitative estimate of drug-likeness (QED) is 0.783. The van der Waals surface area contributed by atoms with Crippen LogP contribution in [0, 0.1) is 17.8 Å². The average molecular weight is 228 g/mol. The topological polar surface area (TPSA) is 20.2 Å². The van der Waals surface area contributed by atoms with Crippen LogP contribution in [0.15, 0.2) is 30.3 Å². The Balaban J connectivity index is 1.81. The van der Waals surface area contributed by atoms with Crippen LogP contribution >= 0.6 is 0 Å². The third-order valence-electron chi connectivity index (χ3n) is 5.61. The molecular weight excluding hydrogens is 208 g/mol. The molecule has 17 heavy (non-hydrogen) atoms. The van der Waals surface area contributed by atoms with E-state index in [9.17, 15) is 5.11 Å². The van der Waals surface area contributed by atoms with Gasteiger partial charge < -0.3 is 5.11 Å². The van der Waals surface area contributed by atoms with E-state index in [-0.39, 0.29) is 11.5 Å². The van der Waals surface area contributed by atoms with Crippen molar-refractivity contribution in [2.75, 3.05) is 0 Å². The zero-order valence-electron chi connectivity index (χ0n) is 10.2.